The minimum absolute atomic E-state index is 0.00751. The van der Waals surface area contributed by atoms with Gasteiger partial charge in [0.2, 0.25) is 10.0 Å². The topological polar surface area (TPSA) is 57.7 Å². The van der Waals surface area contributed by atoms with E-state index in [1.54, 1.807) is 23.2 Å². The van der Waals surface area contributed by atoms with Crippen molar-refractivity contribution >= 4 is 27.4 Å². The lowest BCUT2D eigenvalue weighted by atomic mass is 9.95. The second-order valence-corrected chi connectivity index (χ2v) is 8.04. The quantitative estimate of drug-likeness (QED) is 0.778. The molecule has 0 aromatic heterocycles. The lowest BCUT2D eigenvalue weighted by Crippen LogP contribution is -2.48. The number of carbonyl (C=O) groups excluding carboxylic acids is 1. The van der Waals surface area contributed by atoms with E-state index in [0.29, 0.717) is 17.0 Å². The number of carbonyl (C=O) groups is 1. The Bertz CT molecular complexity index is 711. The third-order valence-corrected chi connectivity index (χ3v) is 5.97. The Hall–Kier alpha value is -1.37. The summed E-state index contributed by atoms with van der Waals surface area (Å²) in [6.45, 7) is 2.09. The average molecular weight is 357 g/mol. The monoisotopic (exact) mass is 356 g/mol. The SMILES string of the molecule is CCC1C(=CN(C)C)C(=O)CCN1S(=O)(=O)c1ccc(Cl)cc1. The molecule has 2 rings (SSSR count). The summed E-state index contributed by atoms with van der Waals surface area (Å²) in [4.78, 5) is 14.2. The summed E-state index contributed by atoms with van der Waals surface area (Å²) in [6.07, 6.45) is 2.46. The molecule has 1 aromatic carbocycles. The van der Waals surface area contributed by atoms with E-state index in [1.165, 1.54) is 16.4 Å². The van der Waals surface area contributed by atoms with Gasteiger partial charge in [0.25, 0.3) is 0 Å². The van der Waals surface area contributed by atoms with Gasteiger partial charge in [-0.3, -0.25) is 4.79 Å². The molecule has 0 N–H and O–H groups in total. The van der Waals surface area contributed by atoms with Crippen molar-refractivity contribution in [2.75, 3.05) is 20.6 Å². The van der Waals surface area contributed by atoms with Gasteiger partial charge in [0, 0.05) is 43.9 Å². The molecule has 1 aromatic rings. The van der Waals surface area contributed by atoms with Crippen LogP contribution in [0, 0.1) is 0 Å². The summed E-state index contributed by atoms with van der Waals surface area (Å²) in [7, 11) is -0.0309. The van der Waals surface area contributed by atoms with E-state index in [-0.39, 0.29) is 23.6 Å². The molecule has 7 heteroatoms. The molecule has 1 aliphatic rings. The molecule has 1 aliphatic heterocycles. The van der Waals surface area contributed by atoms with E-state index in [9.17, 15) is 13.2 Å². The van der Waals surface area contributed by atoms with Crippen molar-refractivity contribution in [1.82, 2.24) is 9.21 Å². The summed E-state index contributed by atoms with van der Waals surface area (Å²) >= 11 is 5.84. The van der Waals surface area contributed by atoms with Crippen molar-refractivity contribution in [1.29, 1.82) is 0 Å². The van der Waals surface area contributed by atoms with Gasteiger partial charge in [0.1, 0.15) is 0 Å². The normalized spacial score (nSPS) is 21.7. The minimum atomic E-state index is -3.67. The maximum Gasteiger partial charge on any atom is 0.243 e. The number of sulfonamides is 1. The zero-order valence-electron chi connectivity index (χ0n) is 13.5. The van der Waals surface area contributed by atoms with E-state index in [1.807, 2.05) is 21.0 Å². The Labute approximate surface area is 142 Å². The van der Waals surface area contributed by atoms with Crippen LogP contribution in [0.4, 0.5) is 0 Å². The lowest BCUT2D eigenvalue weighted by Gasteiger charge is -2.35. The molecule has 0 radical (unpaired) electrons. The van der Waals surface area contributed by atoms with Gasteiger partial charge >= 0.3 is 0 Å². The van der Waals surface area contributed by atoms with Crippen molar-refractivity contribution in [2.45, 2.75) is 30.7 Å². The van der Waals surface area contributed by atoms with E-state index in [0.717, 1.165) is 0 Å². The van der Waals surface area contributed by atoms with Gasteiger partial charge in [-0.2, -0.15) is 4.31 Å². The summed E-state index contributed by atoms with van der Waals surface area (Å²) in [5.41, 5.74) is 0.543. The molecule has 0 spiro atoms. The number of rotatable bonds is 4. The van der Waals surface area contributed by atoms with Crippen LogP contribution in [0.1, 0.15) is 19.8 Å². The molecule has 0 bridgehead atoms. The summed E-state index contributed by atoms with van der Waals surface area (Å²) in [5.74, 6) is 0.00751. The maximum atomic E-state index is 12.9. The Kier molecular flexibility index (Phi) is 5.49. The molecule has 0 amide bonds. The minimum Gasteiger partial charge on any atom is -0.383 e. The lowest BCUT2D eigenvalue weighted by molar-refractivity contribution is -0.117. The third kappa shape index (κ3) is 3.76. The van der Waals surface area contributed by atoms with Crippen LogP contribution in [-0.2, 0) is 14.8 Å². The van der Waals surface area contributed by atoms with Crippen LogP contribution in [0.25, 0.3) is 0 Å². The maximum absolute atomic E-state index is 12.9. The van der Waals surface area contributed by atoms with Gasteiger partial charge in [-0.1, -0.05) is 18.5 Å². The number of hydrogen-bond acceptors (Lipinski definition) is 4. The molecule has 1 fully saturated rings. The molecule has 1 unspecified atom stereocenters. The predicted octanol–water partition coefficient (Wildman–Crippen LogP) is 2.53. The highest BCUT2D eigenvalue weighted by Crippen LogP contribution is 2.29. The molecule has 1 saturated heterocycles. The van der Waals surface area contributed by atoms with Crippen LogP contribution in [0.2, 0.25) is 5.02 Å². The Morgan fingerprint density at radius 2 is 1.91 bits per heavy atom. The number of hydrogen-bond donors (Lipinski definition) is 0. The standard InChI is InChI=1S/C16H21ClN2O3S/c1-4-15-14(11-18(2)3)16(20)9-10-19(15)23(21,22)13-7-5-12(17)6-8-13/h5-8,11,15H,4,9-10H2,1-3H3. The summed E-state index contributed by atoms with van der Waals surface area (Å²) in [6, 6.07) is 5.66. The van der Waals surface area contributed by atoms with E-state index >= 15 is 0 Å². The second kappa shape index (κ2) is 7.03. The number of nitrogens with zero attached hydrogens (tertiary/aromatic N) is 2. The molecular formula is C16H21ClN2O3S. The number of ketones is 1. The number of halogens is 1. The second-order valence-electron chi connectivity index (χ2n) is 5.71. The van der Waals surface area contributed by atoms with Gasteiger partial charge in [0.15, 0.2) is 5.78 Å². The van der Waals surface area contributed by atoms with Crippen molar-refractivity contribution in [2.24, 2.45) is 0 Å². The van der Waals surface area contributed by atoms with Crippen molar-refractivity contribution in [3.05, 3.63) is 41.1 Å². The summed E-state index contributed by atoms with van der Waals surface area (Å²) < 4.78 is 27.3. The molecule has 126 valence electrons. The predicted molar refractivity (Wildman–Crippen MR) is 90.8 cm³/mol. The van der Waals surface area contributed by atoms with Crippen LogP contribution in [0.3, 0.4) is 0 Å². The highest BCUT2D eigenvalue weighted by atomic mass is 35.5. The first kappa shape index (κ1) is 18.0. The Morgan fingerprint density at radius 3 is 2.43 bits per heavy atom. The highest BCUT2D eigenvalue weighted by Gasteiger charge is 2.38. The van der Waals surface area contributed by atoms with Crippen LogP contribution >= 0.6 is 11.6 Å². The van der Waals surface area contributed by atoms with Gasteiger partial charge in [-0.25, -0.2) is 8.42 Å². The van der Waals surface area contributed by atoms with Gasteiger partial charge in [-0.15, -0.1) is 0 Å². The number of piperidine rings is 1. The molecule has 0 saturated carbocycles. The van der Waals surface area contributed by atoms with E-state index in [2.05, 4.69) is 0 Å². The molecule has 1 atom stereocenters. The van der Waals surface area contributed by atoms with Crippen molar-refractivity contribution < 1.29 is 13.2 Å². The fraction of sp³-hybridized carbons (Fsp3) is 0.438. The van der Waals surface area contributed by atoms with Gasteiger partial charge in [-0.05, 0) is 30.7 Å². The van der Waals surface area contributed by atoms with Crippen molar-refractivity contribution in [3.8, 4) is 0 Å². The molecule has 23 heavy (non-hydrogen) atoms. The fourth-order valence-electron chi connectivity index (χ4n) is 2.74. The summed E-state index contributed by atoms with van der Waals surface area (Å²) in [5, 5.41) is 0.484. The van der Waals surface area contributed by atoms with Gasteiger partial charge in [0.05, 0.1) is 10.9 Å². The first-order valence-corrected chi connectivity index (χ1v) is 9.28. The number of benzene rings is 1. The van der Waals surface area contributed by atoms with Crippen LogP contribution in [-0.4, -0.2) is 50.1 Å². The van der Waals surface area contributed by atoms with Crippen LogP contribution in [0.5, 0.6) is 0 Å². The fourth-order valence-corrected chi connectivity index (χ4v) is 4.55. The largest absolute Gasteiger partial charge is 0.383 e. The third-order valence-electron chi connectivity index (χ3n) is 3.79. The van der Waals surface area contributed by atoms with E-state index in [4.69, 9.17) is 11.6 Å². The van der Waals surface area contributed by atoms with E-state index < -0.39 is 16.1 Å². The van der Waals surface area contributed by atoms with Crippen LogP contribution < -0.4 is 0 Å². The first-order valence-electron chi connectivity index (χ1n) is 7.46. The zero-order valence-corrected chi connectivity index (χ0v) is 15.1. The molecule has 5 nitrogen and oxygen atoms in total. The smallest absolute Gasteiger partial charge is 0.243 e. The average Bonchev–Trinajstić information content (AvgIpc) is 2.49. The number of Topliss-reactive ketones (excluding diaryl/α,β-unsaturated/α-hetero) is 1. The first-order chi connectivity index (χ1) is 10.8. The zero-order chi connectivity index (χ0) is 17.2. The highest BCUT2D eigenvalue weighted by molar-refractivity contribution is 7.89. The van der Waals surface area contributed by atoms with Gasteiger partial charge < -0.3 is 4.90 Å². The molecular weight excluding hydrogens is 336 g/mol. The van der Waals surface area contributed by atoms with Crippen molar-refractivity contribution in [3.63, 3.8) is 0 Å². The van der Waals surface area contributed by atoms with Crippen LogP contribution in [0.15, 0.2) is 40.9 Å². The molecule has 1 heterocycles. The Morgan fingerprint density at radius 1 is 1.30 bits per heavy atom. The molecule has 0 aliphatic carbocycles. The Balaban J connectivity index is 2.44.